The van der Waals surface area contributed by atoms with Crippen LogP contribution in [0, 0.1) is 5.82 Å². The van der Waals surface area contributed by atoms with Gasteiger partial charge in [-0.05, 0) is 44.2 Å². The quantitative estimate of drug-likeness (QED) is 0.644. The van der Waals surface area contributed by atoms with Crippen molar-refractivity contribution in [1.29, 1.82) is 0 Å². The molecule has 0 N–H and O–H groups in total. The average molecular weight is 399 g/mol. The van der Waals surface area contributed by atoms with Gasteiger partial charge in [-0.25, -0.2) is 9.37 Å². The summed E-state index contributed by atoms with van der Waals surface area (Å²) < 4.78 is 19.2. The number of ether oxygens (including phenoxy) is 1. The lowest BCUT2D eigenvalue weighted by atomic mass is 10.0. The predicted molar refractivity (Wildman–Crippen MR) is 108 cm³/mol. The third-order valence-electron chi connectivity index (χ3n) is 4.65. The number of anilines is 1. The Morgan fingerprint density at radius 3 is 2.43 bits per heavy atom. The highest BCUT2D eigenvalue weighted by atomic mass is 35.5. The molecule has 4 rings (SSSR count). The molecule has 0 bridgehead atoms. The van der Waals surface area contributed by atoms with Crippen LogP contribution in [0.4, 0.5) is 10.2 Å². The van der Waals surface area contributed by atoms with Gasteiger partial charge in [0.2, 0.25) is 0 Å². The van der Waals surface area contributed by atoms with Gasteiger partial charge in [-0.15, -0.1) is 0 Å². The maximum atomic E-state index is 13.4. The lowest BCUT2D eigenvalue weighted by Gasteiger charge is -2.36. The van der Waals surface area contributed by atoms with E-state index in [1.807, 2.05) is 19.9 Å². The Morgan fingerprint density at radius 1 is 1.04 bits per heavy atom. The van der Waals surface area contributed by atoms with Crippen molar-refractivity contribution in [3.63, 3.8) is 0 Å². The van der Waals surface area contributed by atoms with Crippen molar-refractivity contribution in [2.75, 3.05) is 18.0 Å². The lowest BCUT2D eigenvalue weighted by Crippen LogP contribution is -2.45. The number of morpholine rings is 1. The van der Waals surface area contributed by atoms with Crippen LogP contribution in [0.15, 0.2) is 48.9 Å². The van der Waals surface area contributed by atoms with Crippen molar-refractivity contribution in [2.24, 2.45) is 0 Å². The molecule has 1 saturated heterocycles. The van der Waals surface area contributed by atoms with E-state index in [1.54, 1.807) is 30.7 Å². The van der Waals surface area contributed by atoms with Crippen LogP contribution in [0.3, 0.4) is 0 Å². The molecule has 144 valence electrons. The summed E-state index contributed by atoms with van der Waals surface area (Å²) in [5.41, 5.74) is 2.79. The van der Waals surface area contributed by atoms with Gasteiger partial charge in [0.05, 0.1) is 29.1 Å². The Kier molecular flexibility index (Phi) is 5.24. The molecule has 1 aromatic carbocycles. The monoisotopic (exact) mass is 398 g/mol. The number of hydrogen-bond donors (Lipinski definition) is 0. The second-order valence-corrected chi connectivity index (χ2v) is 7.36. The Bertz CT molecular complexity index is 972. The minimum Gasteiger partial charge on any atom is -0.372 e. The summed E-state index contributed by atoms with van der Waals surface area (Å²) in [6, 6.07) is 8.02. The first kappa shape index (κ1) is 18.8. The molecule has 2 aromatic heterocycles. The van der Waals surface area contributed by atoms with E-state index in [4.69, 9.17) is 21.3 Å². The maximum absolute atomic E-state index is 13.4. The molecule has 2 atom stereocenters. The summed E-state index contributed by atoms with van der Waals surface area (Å²) in [7, 11) is 0. The van der Waals surface area contributed by atoms with Crippen LogP contribution in [-0.2, 0) is 4.74 Å². The molecule has 3 heterocycles. The van der Waals surface area contributed by atoms with E-state index in [9.17, 15) is 4.39 Å². The Labute approximate surface area is 168 Å². The zero-order chi connectivity index (χ0) is 19.7. The molecule has 1 aliphatic heterocycles. The summed E-state index contributed by atoms with van der Waals surface area (Å²) in [5, 5.41) is 0.487. The minimum atomic E-state index is -0.298. The Morgan fingerprint density at radius 2 is 1.75 bits per heavy atom. The molecule has 28 heavy (non-hydrogen) atoms. The van der Waals surface area contributed by atoms with Crippen molar-refractivity contribution < 1.29 is 9.13 Å². The fourth-order valence-corrected chi connectivity index (χ4v) is 3.68. The van der Waals surface area contributed by atoms with Gasteiger partial charge in [0.1, 0.15) is 17.3 Å². The van der Waals surface area contributed by atoms with Crippen LogP contribution in [0.1, 0.15) is 13.8 Å². The van der Waals surface area contributed by atoms with E-state index in [0.717, 1.165) is 30.0 Å². The summed E-state index contributed by atoms with van der Waals surface area (Å²) >= 11 is 6.40. The van der Waals surface area contributed by atoms with Crippen molar-refractivity contribution in [1.82, 2.24) is 15.0 Å². The number of halogens is 2. The molecule has 7 heteroatoms. The summed E-state index contributed by atoms with van der Waals surface area (Å²) in [6.45, 7) is 5.56. The van der Waals surface area contributed by atoms with Gasteiger partial charge < -0.3 is 9.64 Å². The normalized spacial score (nSPS) is 19.6. The standard InChI is InChI=1S/C21H20ClFN4O/c1-13-11-27(12-14(2)28-13)19-10-25-20(15-3-5-16(23)6-4-15)21(26-19)17-7-8-24-9-18(17)22/h3-10,13-14H,11-12H2,1-2H3. The maximum Gasteiger partial charge on any atom is 0.148 e. The van der Waals surface area contributed by atoms with Gasteiger partial charge in [-0.3, -0.25) is 9.97 Å². The van der Waals surface area contributed by atoms with E-state index in [0.29, 0.717) is 16.4 Å². The van der Waals surface area contributed by atoms with Crippen LogP contribution in [0.5, 0.6) is 0 Å². The zero-order valence-corrected chi connectivity index (χ0v) is 16.4. The molecule has 5 nitrogen and oxygen atoms in total. The Balaban J connectivity index is 1.83. The van der Waals surface area contributed by atoms with Crippen molar-refractivity contribution >= 4 is 17.4 Å². The van der Waals surface area contributed by atoms with E-state index in [2.05, 4.69) is 14.9 Å². The topological polar surface area (TPSA) is 51.1 Å². The second-order valence-electron chi connectivity index (χ2n) is 6.95. The molecule has 2 unspecified atom stereocenters. The molecular weight excluding hydrogens is 379 g/mol. The summed E-state index contributed by atoms with van der Waals surface area (Å²) in [6.07, 6.45) is 5.22. The molecule has 3 aromatic rings. The van der Waals surface area contributed by atoms with Crippen molar-refractivity contribution in [3.05, 3.63) is 59.8 Å². The smallest absolute Gasteiger partial charge is 0.148 e. The fourth-order valence-electron chi connectivity index (χ4n) is 3.47. The number of pyridine rings is 1. The van der Waals surface area contributed by atoms with Gasteiger partial charge in [-0.2, -0.15) is 0 Å². The van der Waals surface area contributed by atoms with E-state index < -0.39 is 0 Å². The first-order valence-corrected chi connectivity index (χ1v) is 9.52. The van der Waals surface area contributed by atoms with E-state index in [-0.39, 0.29) is 18.0 Å². The van der Waals surface area contributed by atoms with Crippen LogP contribution in [-0.4, -0.2) is 40.2 Å². The molecule has 1 aliphatic rings. The first-order valence-electron chi connectivity index (χ1n) is 9.14. The molecule has 0 aliphatic carbocycles. The number of aromatic nitrogens is 3. The molecule has 0 radical (unpaired) electrons. The molecule has 1 fully saturated rings. The highest BCUT2D eigenvalue weighted by molar-refractivity contribution is 6.33. The summed E-state index contributed by atoms with van der Waals surface area (Å²) in [4.78, 5) is 15.8. The fraction of sp³-hybridized carbons (Fsp3) is 0.286. The molecule has 0 spiro atoms. The van der Waals surface area contributed by atoms with Crippen LogP contribution < -0.4 is 4.90 Å². The highest BCUT2D eigenvalue weighted by Gasteiger charge is 2.25. The van der Waals surface area contributed by atoms with Gasteiger partial charge >= 0.3 is 0 Å². The van der Waals surface area contributed by atoms with E-state index in [1.165, 1.54) is 12.1 Å². The van der Waals surface area contributed by atoms with E-state index >= 15 is 0 Å². The van der Waals surface area contributed by atoms with Gasteiger partial charge in [0.15, 0.2) is 0 Å². The predicted octanol–water partition coefficient (Wildman–Crippen LogP) is 4.61. The third-order valence-corrected chi connectivity index (χ3v) is 4.95. The van der Waals surface area contributed by atoms with Crippen LogP contribution >= 0.6 is 11.6 Å². The van der Waals surface area contributed by atoms with Crippen LogP contribution in [0.2, 0.25) is 5.02 Å². The molecule has 0 saturated carbocycles. The number of rotatable bonds is 3. The van der Waals surface area contributed by atoms with Crippen molar-refractivity contribution in [2.45, 2.75) is 26.1 Å². The third kappa shape index (κ3) is 3.84. The van der Waals surface area contributed by atoms with Gasteiger partial charge in [0, 0.05) is 36.6 Å². The van der Waals surface area contributed by atoms with Crippen LogP contribution in [0.25, 0.3) is 22.5 Å². The average Bonchev–Trinajstić information content (AvgIpc) is 2.68. The molecule has 0 amide bonds. The number of hydrogen-bond acceptors (Lipinski definition) is 5. The largest absolute Gasteiger partial charge is 0.372 e. The van der Waals surface area contributed by atoms with Gasteiger partial charge in [0.25, 0.3) is 0 Å². The Hall–Kier alpha value is -2.57. The number of nitrogens with zero attached hydrogens (tertiary/aromatic N) is 4. The number of benzene rings is 1. The minimum absolute atomic E-state index is 0.107. The summed E-state index contributed by atoms with van der Waals surface area (Å²) in [5.74, 6) is 0.462. The molecular formula is C21H20ClFN4O. The first-order chi connectivity index (χ1) is 13.5. The van der Waals surface area contributed by atoms with Gasteiger partial charge in [-0.1, -0.05) is 11.6 Å². The highest BCUT2D eigenvalue weighted by Crippen LogP contribution is 2.34. The SMILES string of the molecule is CC1CN(c2cnc(-c3ccc(F)cc3)c(-c3ccncc3Cl)n2)CC(C)O1. The zero-order valence-electron chi connectivity index (χ0n) is 15.6. The van der Waals surface area contributed by atoms with Crippen molar-refractivity contribution in [3.8, 4) is 22.5 Å². The second kappa shape index (κ2) is 7.81. The lowest BCUT2D eigenvalue weighted by molar-refractivity contribution is -0.00547.